The molecule has 1 aliphatic carbocycles. The lowest BCUT2D eigenvalue weighted by Crippen LogP contribution is -2.49. The van der Waals surface area contributed by atoms with Gasteiger partial charge in [0.15, 0.2) is 0 Å². The zero-order chi connectivity index (χ0) is 30.4. The van der Waals surface area contributed by atoms with Crippen LogP contribution in [-0.4, -0.2) is 89.8 Å². The van der Waals surface area contributed by atoms with Crippen LogP contribution < -0.4 is 15.5 Å². The van der Waals surface area contributed by atoms with Crippen molar-refractivity contribution in [2.24, 2.45) is 9.98 Å². The number of amides is 2. The van der Waals surface area contributed by atoms with Gasteiger partial charge in [-0.05, 0) is 78.6 Å². The largest absolute Gasteiger partial charge is 0.474 e. The minimum absolute atomic E-state index is 0.101. The third-order valence-electron chi connectivity index (χ3n) is 9.09. The fourth-order valence-electron chi connectivity index (χ4n) is 6.53. The van der Waals surface area contributed by atoms with Gasteiger partial charge in [-0.3, -0.25) is 19.6 Å². The minimum atomic E-state index is -0.437. The Morgan fingerprint density at radius 3 is 2.61 bits per heavy atom. The van der Waals surface area contributed by atoms with Gasteiger partial charge in [0.05, 0.1) is 45.8 Å². The molecule has 11 heteroatoms. The van der Waals surface area contributed by atoms with E-state index in [1.54, 1.807) is 11.0 Å². The van der Waals surface area contributed by atoms with Gasteiger partial charge >= 0.3 is 0 Å². The number of rotatable bonds is 6. The van der Waals surface area contributed by atoms with Crippen molar-refractivity contribution in [2.45, 2.75) is 37.6 Å². The SMILES string of the molecule is CN(C)C/C=C/C(=O)N1CCOc2nn(-c3ccc(C4CCC4)cc3)c3c2C(C1)N(C(=O)c1ccc(Br)c2c1=NCN=2)CC3. The summed E-state index contributed by atoms with van der Waals surface area (Å²) in [7, 11) is 3.93. The average Bonchev–Trinajstić information content (AvgIpc) is 3.61. The number of hydrogen-bond acceptors (Lipinski definition) is 7. The number of carbonyl (C=O) groups excluding carboxylic acids is 2. The molecule has 1 atom stereocenters. The zero-order valence-electron chi connectivity index (χ0n) is 25.1. The fourth-order valence-corrected chi connectivity index (χ4v) is 6.98. The van der Waals surface area contributed by atoms with Crippen LogP contribution in [0.1, 0.15) is 58.4 Å². The summed E-state index contributed by atoms with van der Waals surface area (Å²) in [6.45, 7) is 2.49. The van der Waals surface area contributed by atoms with Crippen LogP contribution in [0.15, 0.2) is 63.0 Å². The number of aromatic nitrogens is 2. The second-order valence-electron chi connectivity index (χ2n) is 12.1. The Morgan fingerprint density at radius 1 is 1.07 bits per heavy atom. The molecule has 1 fully saturated rings. The molecule has 2 aromatic carbocycles. The number of halogens is 1. The molecular formula is C33H36BrN7O3. The molecule has 4 heterocycles. The predicted molar refractivity (Wildman–Crippen MR) is 169 cm³/mol. The van der Waals surface area contributed by atoms with Crippen molar-refractivity contribution >= 4 is 27.7 Å². The topological polar surface area (TPSA) is 95.6 Å². The molecule has 2 amide bonds. The van der Waals surface area contributed by atoms with Crippen LogP contribution in [0.3, 0.4) is 0 Å². The molecule has 228 valence electrons. The van der Waals surface area contributed by atoms with Crippen LogP contribution in [0.4, 0.5) is 0 Å². The lowest BCUT2D eigenvalue weighted by atomic mass is 9.80. The molecule has 10 nitrogen and oxygen atoms in total. The van der Waals surface area contributed by atoms with Gasteiger partial charge in [-0.15, -0.1) is 5.10 Å². The molecule has 1 saturated carbocycles. The van der Waals surface area contributed by atoms with Gasteiger partial charge in [0.25, 0.3) is 5.91 Å². The van der Waals surface area contributed by atoms with Crippen molar-refractivity contribution in [3.63, 3.8) is 0 Å². The van der Waals surface area contributed by atoms with Crippen molar-refractivity contribution in [1.82, 2.24) is 24.5 Å². The van der Waals surface area contributed by atoms with Crippen LogP contribution in [0.25, 0.3) is 5.69 Å². The molecule has 0 radical (unpaired) electrons. The molecule has 0 saturated heterocycles. The van der Waals surface area contributed by atoms with E-state index in [-0.39, 0.29) is 11.8 Å². The van der Waals surface area contributed by atoms with Crippen LogP contribution in [0.2, 0.25) is 0 Å². The quantitative estimate of drug-likeness (QED) is 0.380. The Kier molecular flexibility index (Phi) is 7.84. The highest BCUT2D eigenvalue weighted by Gasteiger charge is 2.40. The normalized spacial score (nSPS) is 19.4. The van der Waals surface area contributed by atoms with E-state index in [1.165, 1.54) is 24.8 Å². The fraction of sp³-hybridized carbons (Fsp3) is 0.424. The van der Waals surface area contributed by atoms with E-state index >= 15 is 0 Å². The highest BCUT2D eigenvalue weighted by molar-refractivity contribution is 9.10. The summed E-state index contributed by atoms with van der Waals surface area (Å²) >= 11 is 3.55. The van der Waals surface area contributed by atoms with Crippen molar-refractivity contribution in [1.29, 1.82) is 0 Å². The predicted octanol–water partition coefficient (Wildman–Crippen LogP) is 3.19. The van der Waals surface area contributed by atoms with Gasteiger partial charge in [0, 0.05) is 36.6 Å². The molecular weight excluding hydrogens is 622 g/mol. The first-order chi connectivity index (χ1) is 21.4. The molecule has 0 spiro atoms. The summed E-state index contributed by atoms with van der Waals surface area (Å²) in [4.78, 5) is 42.4. The number of likely N-dealkylation sites (N-methyl/N-ethyl adjacent to an activating group) is 1. The van der Waals surface area contributed by atoms with Gasteiger partial charge in [-0.2, -0.15) is 0 Å². The first kappa shape index (κ1) is 28.9. The molecule has 3 aliphatic heterocycles. The van der Waals surface area contributed by atoms with E-state index in [0.717, 1.165) is 21.4 Å². The second kappa shape index (κ2) is 11.9. The Hall–Kier alpha value is -3.83. The van der Waals surface area contributed by atoms with Crippen LogP contribution >= 0.6 is 15.9 Å². The summed E-state index contributed by atoms with van der Waals surface area (Å²) in [5.74, 6) is 0.949. The third kappa shape index (κ3) is 5.26. The van der Waals surface area contributed by atoms with Gasteiger partial charge < -0.3 is 19.4 Å². The van der Waals surface area contributed by atoms with Crippen molar-refractivity contribution in [3.8, 4) is 11.6 Å². The maximum Gasteiger partial charge on any atom is 0.256 e. The lowest BCUT2D eigenvalue weighted by Gasteiger charge is -2.40. The van der Waals surface area contributed by atoms with Gasteiger partial charge in [-0.25, -0.2) is 4.68 Å². The van der Waals surface area contributed by atoms with Crippen LogP contribution in [0, 0.1) is 0 Å². The molecule has 4 aliphatic rings. The number of ether oxygens (including phenoxy) is 1. The monoisotopic (exact) mass is 657 g/mol. The molecule has 1 aromatic heterocycles. The first-order valence-electron chi connectivity index (χ1n) is 15.3. The molecule has 1 unspecified atom stereocenters. The maximum absolute atomic E-state index is 14.3. The third-order valence-corrected chi connectivity index (χ3v) is 9.73. The molecule has 0 N–H and O–H groups in total. The van der Waals surface area contributed by atoms with E-state index in [4.69, 9.17) is 9.84 Å². The minimum Gasteiger partial charge on any atom is -0.474 e. The molecule has 44 heavy (non-hydrogen) atoms. The number of fused-ring (bicyclic) bond motifs is 1. The standard InChI is InChI=1S/C33H36BrN7O3/c1-38(2)15-4-7-28(42)39-17-18-44-32-29-26(41(37-32)23-10-8-22(9-11-23)21-5-3-6-21)14-16-40(27(29)19-39)33(43)24-12-13-25(34)31-30(24)35-20-36-31/h4,7-13,21,27H,3,5-6,14-20H2,1-2H3/b7-4+. The van der Waals surface area contributed by atoms with Gasteiger partial charge in [-0.1, -0.05) is 24.6 Å². The van der Waals surface area contributed by atoms with E-state index in [0.29, 0.717) is 74.0 Å². The summed E-state index contributed by atoms with van der Waals surface area (Å²) in [6.07, 6.45) is 7.89. The summed E-state index contributed by atoms with van der Waals surface area (Å²) in [5, 5.41) is 6.28. The second-order valence-corrected chi connectivity index (χ2v) is 13.0. The van der Waals surface area contributed by atoms with E-state index in [2.05, 4.69) is 50.2 Å². The average molecular weight is 659 g/mol. The van der Waals surface area contributed by atoms with Crippen LogP contribution in [-0.2, 0) is 11.2 Å². The van der Waals surface area contributed by atoms with E-state index in [9.17, 15) is 9.59 Å². The Balaban J connectivity index is 1.28. The van der Waals surface area contributed by atoms with Crippen molar-refractivity contribution in [3.05, 3.63) is 86.1 Å². The van der Waals surface area contributed by atoms with E-state index in [1.807, 2.05) is 46.8 Å². The van der Waals surface area contributed by atoms with E-state index < -0.39 is 6.04 Å². The van der Waals surface area contributed by atoms with Gasteiger partial charge in [0.2, 0.25) is 11.8 Å². The highest BCUT2D eigenvalue weighted by Crippen LogP contribution is 2.41. The van der Waals surface area contributed by atoms with Crippen molar-refractivity contribution in [2.75, 3.05) is 53.5 Å². The van der Waals surface area contributed by atoms with Gasteiger partial charge in [0.1, 0.15) is 13.3 Å². The summed E-state index contributed by atoms with van der Waals surface area (Å²) in [5.41, 5.74) is 4.75. The number of carbonyl (C=O) groups is 2. The van der Waals surface area contributed by atoms with Crippen molar-refractivity contribution < 1.29 is 14.3 Å². The number of nitrogens with zero attached hydrogens (tertiary/aromatic N) is 7. The molecule has 7 rings (SSSR count). The smallest absolute Gasteiger partial charge is 0.256 e. The van der Waals surface area contributed by atoms with Crippen LogP contribution in [0.5, 0.6) is 5.88 Å². The highest BCUT2D eigenvalue weighted by atomic mass is 79.9. The summed E-state index contributed by atoms with van der Waals surface area (Å²) in [6, 6.07) is 11.9. The Bertz CT molecular complexity index is 1760. The first-order valence-corrected chi connectivity index (χ1v) is 16.1. The maximum atomic E-state index is 14.3. The molecule has 3 aromatic rings. The summed E-state index contributed by atoms with van der Waals surface area (Å²) < 4.78 is 9.07. The zero-order valence-corrected chi connectivity index (χ0v) is 26.7. The number of benzene rings is 2. The number of hydrogen-bond donors (Lipinski definition) is 0. The Labute approximate surface area is 264 Å². The Morgan fingerprint density at radius 2 is 1.86 bits per heavy atom. The molecule has 0 bridgehead atoms. The lowest BCUT2D eigenvalue weighted by molar-refractivity contribution is -0.127.